The van der Waals surface area contributed by atoms with Crippen LogP contribution in [-0.2, 0) is 11.2 Å². The molecule has 0 aliphatic carbocycles. The van der Waals surface area contributed by atoms with Crippen molar-refractivity contribution in [1.29, 1.82) is 0 Å². The van der Waals surface area contributed by atoms with Crippen molar-refractivity contribution < 1.29 is 4.79 Å². The highest BCUT2D eigenvalue weighted by atomic mass is 16.2. The first-order valence-corrected chi connectivity index (χ1v) is 9.93. The van der Waals surface area contributed by atoms with Crippen LogP contribution in [0.2, 0.25) is 0 Å². The van der Waals surface area contributed by atoms with Crippen molar-refractivity contribution in [3.63, 3.8) is 0 Å². The number of carbonyl (C=O) groups excluding carboxylic acids is 1. The van der Waals surface area contributed by atoms with Gasteiger partial charge in [0.1, 0.15) is 0 Å². The van der Waals surface area contributed by atoms with Gasteiger partial charge in [-0.1, -0.05) is 54.6 Å². The molecule has 142 valence electrons. The van der Waals surface area contributed by atoms with Gasteiger partial charge in [0.2, 0.25) is 5.91 Å². The molecule has 4 rings (SSSR count). The molecule has 1 N–H and O–H groups in total. The van der Waals surface area contributed by atoms with Gasteiger partial charge in [-0.3, -0.25) is 4.79 Å². The molecule has 3 aromatic carbocycles. The highest BCUT2D eigenvalue weighted by Gasteiger charge is 2.10. The van der Waals surface area contributed by atoms with Crippen LogP contribution in [0.1, 0.15) is 30.4 Å². The van der Waals surface area contributed by atoms with Crippen molar-refractivity contribution in [1.82, 2.24) is 5.43 Å². The summed E-state index contributed by atoms with van der Waals surface area (Å²) < 4.78 is 0. The molecular weight excluding hydrogens is 346 g/mol. The van der Waals surface area contributed by atoms with E-state index in [4.69, 9.17) is 0 Å². The Labute approximate surface area is 165 Å². The SMILES string of the molecule is O=C(Cc1cccc2ccccc12)N/N=C/c1ccc(N2CCCCC2)cc1. The molecule has 1 saturated heterocycles. The Kier molecular flexibility index (Phi) is 5.66. The average Bonchev–Trinajstić information content (AvgIpc) is 2.75. The largest absolute Gasteiger partial charge is 0.372 e. The first-order valence-electron chi connectivity index (χ1n) is 9.93. The van der Waals surface area contributed by atoms with Crippen LogP contribution < -0.4 is 10.3 Å². The van der Waals surface area contributed by atoms with Crippen molar-refractivity contribution in [3.05, 3.63) is 77.9 Å². The molecule has 1 fully saturated rings. The number of hydrogen-bond donors (Lipinski definition) is 1. The molecule has 4 nitrogen and oxygen atoms in total. The summed E-state index contributed by atoms with van der Waals surface area (Å²) in [6, 6.07) is 22.5. The Morgan fingerprint density at radius 2 is 1.68 bits per heavy atom. The van der Waals surface area contributed by atoms with E-state index in [1.807, 2.05) is 42.5 Å². The molecule has 1 heterocycles. The summed E-state index contributed by atoms with van der Waals surface area (Å²) in [5.74, 6) is -0.113. The van der Waals surface area contributed by atoms with E-state index in [0.29, 0.717) is 6.42 Å². The Hall–Kier alpha value is -3.14. The molecular formula is C24H25N3O. The summed E-state index contributed by atoms with van der Waals surface area (Å²) >= 11 is 0. The third kappa shape index (κ3) is 4.39. The van der Waals surface area contributed by atoms with Crippen molar-refractivity contribution in [3.8, 4) is 0 Å². The van der Waals surface area contributed by atoms with Gasteiger partial charge >= 0.3 is 0 Å². The van der Waals surface area contributed by atoms with Crippen LogP contribution in [-0.4, -0.2) is 25.2 Å². The van der Waals surface area contributed by atoms with E-state index in [2.05, 4.69) is 39.7 Å². The maximum Gasteiger partial charge on any atom is 0.244 e. The van der Waals surface area contributed by atoms with Gasteiger partial charge in [-0.05, 0) is 53.3 Å². The second-order valence-corrected chi connectivity index (χ2v) is 7.25. The molecule has 0 unspecified atom stereocenters. The fourth-order valence-electron chi connectivity index (χ4n) is 3.76. The summed E-state index contributed by atoms with van der Waals surface area (Å²) in [5, 5.41) is 6.37. The van der Waals surface area contributed by atoms with E-state index in [9.17, 15) is 4.79 Å². The normalized spacial score (nSPS) is 14.5. The van der Waals surface area contributed by atoms with Gasteiger partial charge < -0.3 is 4.90 Å². The van der Waals surface area contributed by atoms with Crippen LogP contribution in [0.3, 0.4) is 0 Å². The topological polar surface area (TPSA) is 44.7 Å². The van der Waals surface area contributed by atoms with Crippen molar-refractivity contribution in [2.75, 3.05) is 18.0 Å². The van der Waals surface area contributed by atoms with Crippen LogP contribution in [0.25, 0.3) is 10.8 Å². The molecule has 1 aliphatic heterocycles. The van der Waals surface area contributed by atoms with Crippen LogP contribution >= 0.6 is 0 Å². The fraction of sp³-hybridized carbons (Fsp3) is 0.250. The molecule has 0 spiro atoms. The highest BCUT2D eigenvalue weighted by molar-refractivity contribution is 5.90. The maximum absolute atomic E-state index is 12.3. The minimum absolute atomic E-state index is 0.113. The molecule has 1 amide bonds. The lowest BCUT2D eigenvalue weighted by Gasteiger charge is -2.28. The van der Waals surface area contributed by atoms with Gasteiger partial charge in [0.15, 0.2) is 0 Å². The van der Waals surface area contributed by atoms with E-state index < -0.39 is 0 Å². The number of benzene rings is 3. The number of fused-ring (bicyclic) bond motifs is 1. The van der Waals surface area contributed by atoms with E-state index in [-0.39, 0.29) is 5.91 Å². The summed E-state index contributed by atoms with van der Waals surface area (Å²) in [7, 11) is 0. The summed E-state index contributed by atoms with van der Waals surface area (Å²) in [5.41, 5.74) is 5.89. The van der Waals surface area contributed by atoms with Crippen LogP contribution in [0.5, 0.6) is 0 Å². The first kappa shape index (κ1) is 18.2. The number of piperidine rings is 1. The van der Waals surface area contributed by atoms with Gasteiger partial charge in [0, 0.05) is 18.8 Å². The first-order chi connectivity index (χ1) is 13.8. The second kappa shape index (κ2) is 8.70. The average molecular weight is 371 g/mol. The molecule has 0 saturated carbocycles. The van der Waals surface area contributed by atoms with Crippen LogP contribution in [0.15, 0.2) is 71.8 Å². The number of hydrogen-bond acceptors (Lipinski definition) is 3. The zero-order valence-electron chi connectivity index (χ0n) is 16.0. The number of nitrogens with one attached hydrogen (secondary N) is 1. The fourth-order valence-corrected chi connectivity index (χ4v) is 3.76. The second-order valence-electron chi connectivity index (χ2n) is 7.25. The maximum atomic E-state index is 12.3. The van der Waals surface area contributed by atoms with E-state index in [1.54, 1.807) is 6.21 Å². The summed E-state index contributed by atoms with van der Waals surface area (Å²) in [6.07, 6.45) is 5.88. The minimum Gasteiger partial charge on any atom is -0.372 e. The Morgan fingerprint density at radius 1 is 0.929 bits per heavy atom. The van der Waals surface area contributed by atoms with Gasteiger partial charge in [-0.15, -0.1) is 0 Å². The molecule has 1 aliphatic rings. The summed E-state index contributed by atoms with van der Waals surface area (Å²) in [6.45, 7) is 2.27. The molecule has 0 atom stereocenters. The predicted molar refractivity (Wildman–Crippen MR) is 116 cm³/mol. The van der Waals surface area contributed by atoms with Gasteiger partial charge in [-0.2, -0.15) is 5.10 Å². The monoisotopic (exact) mass is 371 g/mol. The number of anilines is 1. The van der Waals surface area contributed by atoms with Gasteiger partial charge in [0.05, 0.1) is 12.6 Å². The lowest BCUT2D eigenvalue weighted by atomic mass is 10.0. The quantitative estimate of drug-likeness (QED) is 0.529. The van der Waals surface area contributed by atoms with Crippen LogP contribution in [0.4, 0.5) is 5.69 Å². The molecule has 0 aromatic heterocycles. The zero-order chi connectivity index (χ0) is 19.2. The van der Waals surface area contributed by atoms with Gasteiger partial charge in [-0.25, -0.2) is 5.43 Å². The van der Waals surface area contributed by atoms with Crippen molar-refractivity contribution in [2.24, 2.45) is 5.10 Å². The number of carbonyl (C=O) groups is 1. The molecule has 0 bridgehead atoms. The Morgan fingerprint density at radius 3 is 2.50 bits per heavy atom. The highest BCUT2D eigenvalue weighted by Crippen LogP contribution is 2.20. The van der Waals surface area contributed by atoms with E-state index in [0.717, 1.165) is 35.0 Å². The number of amides is 1. The third-order valence-corrected chi connectivity index (χ3v) is 5.25. The predicted octanol–water partition coefficient (Wildman–Crippen LogP) is 4.52. The zero-order valence-corrected chi connectivity index (χ0v) is 16.0. The number of nitrogens with zero attached hydrogens (tertiary/aromatic N) is 2. The number of rotatable bonds is 5. The van der Waals surface area contributed by atoms with Crippen molar-refractivity contribution in [2.45, 2.75) is 25.7 Å². The van der Waals surface area contributed by atoms with E-state index in [1.165, 1.54) is 24.9 Å². The van der Waals surface area contributed by atoms with Gasteiger partial charge in [0.25, 0.3) is 0 Å². The molecule has 3 aromatic rings. The lowest BCUT2D eigenvalue weighted by molar-refractivity contribution is -0.120. The smallest absolute Gasteiger partial charge is 0.244 e. The lowest BCUT2D eigenvalue weighted by Crippen LogP contribution is -2.29. The Bertz CT molecular complexity index is 967. The summed E-state index contributed by atoms with van der Waals surface area (Å²) in [4.78, 5) is 14.7. The molecule has 4 heteroatoms. The standard InChI is InChI=1S/C24H25N3O/c28-24(17-21-9-6-8-20-7-2-3-10-23(20)21)26-25-18-19-11-13-22(14-12-19)27-15-4-1-5-16-27/h2-3,6-14,18H,1,4-5,15-17H2,(H,26,28)/b25-18+. The third-order valence-electron chi connectivity index (χ3n) is 5.25. The van der Waals surface area contributed by atoms with Crippen LogP contribution in [0, 0.1) is 0 Å². The van der Waals surface area contributed by atoms with Crippen molar-refractivity contribution >= 4 is 28.6 Å². The molecule has 0 radical (unpaired) electrons. The number of hydrazone groups is 1. The minimum atomic E-state index is -0.113. The Balaban J connectivity index is 1.34. The van der Waals surface area contributed by atoms with E-state index >= 15 is 0 Å². The molecule has 28 heavy (non-hydrogen) atoms.